The number of hydrogen-bond acceptors (Lipinski definition) is 7. The number of carbonyl (C=O) groups is 1. The molecule has 0 aliphatic carbocycles. The quantitative estimate of drug-likeness (QED) is 0.346. The number of esters is 1. The number of rotatable bonds is 10. The van der Waals surface area contributed by atoms with E-state index in [4.69, 9.17) is 14.6 Å². The predicted octanol–water partition coefficient (Wildman–Crippen LogP) is 4.00. The minimum Gasteiger partial charge on any atom is -0.466 e. The highest BCUT2D eigenvalue weighted by Crippen LogP contribution is 2.31. The number of benzene rings is 2. The molecule has 0 spiro atoms. The highest BCUT2D eigenvalue weighted by molar-refractivity contribution is 5.80. The van der Waals surface area contributed by atoms with Gasteiger partial charge in [0.05, 0.1) is 12.3 Å². The number of carbonyl (C=O) groups excluding carboxylic acids is 1. The Balaban J connectivity index is 1.60. The summed E-state index contributed by atoms with van der Waals surface area (Å²) in [5.41, 5.74) is 6.08. The highest BCUT2D eigenvalue weighted by atomic mass is 16.6. The maximum atomic E-state index is 11.9. The summed E-state index contributed by atoms with van der Waals surface area (Å²) in [7, 11) is 1.84. The Kier molecular flexibility index (Phi) is 7.54. The summed E-state index contributed by atoms with van der Waals surface area (Å²) in [6.45, 7) is 6.27. The molecule has 4 rings (SSSR count). The number of tetrazole rings is 1. The van der Waals surface area contributed by atoms with Gasteiger partial charge in [0.2, 0.25) is 11.7 Å². The molecular weight excluding hydrogens is 444 g/mol. The molecular formula is C26H30N6O3. The average Bonchev–Trinajstić information content (AvgIpc) is 3.47. The predicted molar refractivity (Wildman–Crippen MR) is 132 cm³/mol. The van der Waals surface area contributed by atoms with E-state index >= 15 is 0 Å². The van der Waals surface area contributed by atoms with Crippen molar-refractivity contribution in [3.63, 3.8) is 0 Å². The van der Waals surface area contributed by atoms with Gasteiger partial charge in [-0.3, -0.25) is 0 Å². The normalized spacial score (nSPS) is 11.1. The number of nitrogens with zero attached hydrogens (tertiary/aromatic N) is 5. The molecule has 2 aromatic heterocycles. The molecule has 0 amide bonds. The van der Waals surface area contributed by atoms with Crippen molar-refractivity contribution in [2.75, 3.05) is 13.2 Å². The summed E-state index contributed by atoms with van der Waals surface area (Å²) in [5, 5.41) is 19.2. The first-order valence-electron chi connectivity index (χ1n) is 11.7. The molecule has 0 fully saturated rings. The fraction of sp³-hybridized carbons (Fsp3) is 0.346. The monoisotopic (exact) mass is 474 g/mol. The minimum absolute atomic E-state index is 0.146. The van der Waals surface area contributed by atoms with Crippen molar-refractivity contribution < 1.29 is 14.3 Å². The van der Waals surface area contributed by atoms with Gasteiger partial charge in [-0.05, 0) is 41.2 Å². The number of aromatic nitrogens is 6. The largest absolute Gasteiger partial charge is 0.466 e. The van der Waals surface area contributed by atoms with E-state index < -0.39 is 5.97 Å². The average molecular weight is 475 g/mol. The van der Waals surface area contributed by atoms with Crippen molar-refractivity contribution in [3.05, 3.63) is 65.4 Å². The fourth-order valence-corrected chi connectivity index (χ4v) is 4.06. The first kappa shape index (κ1) is 24.1. The van der Waals surface area contributed by atoms with E-state index in [1.807, 2.05) is 31.3 Å². The Labute approximate surface area is 204 Å². The lowest BCUT2D eigenvalue weighted by molar-refractivity contribution is -0.145. The molecule has 0 radical (unpaired) electrons. The van der Waals surface area contributed by atoms with Crippen molar-refractivity contribution in [1.29, 1.82) is 0 Å². The van der Waals surface area contributed by atoms with E-state index in [9.17, 15) is 4.79 Å². The van der Waals surface area contributed by atoms with E-state index in [-0.39, 0.29) is 6.61 Å². The van der Waals surface area contributed by atoms with Crippen LogP contribution in [0.3, 0.4) is 0 Å². The zero-order chi connectivity index (χ0) is 24.8. The van der Waals surface area contributed by atoms with Crippen LogP contribution in [0.2, 0.25) is 0 Å². The highest BCUT2D eigenvalue weighted by Gasteiger charge is 2.20. The number of nitrogens with one attached hydrogen (secondary N) is 1. The van der Waals surface area contributed by atoms with Gasteiger partial charge in [0.15, 0.2) is 6.61 Å². The summed E-state index contributed by atoms with van der Waals surface area (Å²) in [6.07, 6.45) is 1.46. The number of ether oxygens (including phenoxy) is 2. The summed E-state index contributed by atoms with van der Waals surface area (Å²) in [6, 6.07) is 16.4. The SMILES string of the molecule is CCOC(=O)COc1c(Cc2ccc(-c3ccccc3-c3nn[nH]n3)cc2)c(CC(C)C)nn1C. The van der Waals surface area contributed by atoms with Crippen LogP contribution >= 0.6 is 0 Å². The molecule has 0 saturated carbocycles. The number of aryl methyl sites for hydroxylation is 1. The summed E-state index contributed by atoms with van der Waals surface area (Å²) in [4.78, 5) is 11.9. The van der Waals surface area contributed by atoms with Gasteiger partial charge in [0.25, 0.3) is 0 Å². The van der Waals surface area contributed by atoms with Gasteiger partial charge in [-0.25, -0.2) is 9.48 Å². The van der Waals surface area contributed by atoms with Crippen molar-refractivity contribution >= 4 is 5.97 Å². The van der Waals surface area contributed by atoms with Gasteiger partial charge in [-0.1, -0.05) is 62.4 Å². The maximum absolute atomic E-state index is 11.9. The molecule has 0 aliphatic rings. The van der Waals surface area contributed by atoms with Crippen molar-refractivity contribution in [1.82, 2.24) is 30.4 Å². The minimum atomic E-state index is -0.394. The third-order valence-corrected chi connectivity index (χ3v) is 5.56. The molecule has 0 aliphatic heterocycles. The molecule has 1 N–H and O–H groups in total. The van der Waals surface area contributed by atoms with Crippen molar-refractivity contribution in [3.8, 4) is 28.4 Å². The topological polar surface area (TPSA) is 108 Å². The van der Waals surface area contributed by atoms with Gasteiger partial charge >= 0.3 is 5.97 Å². The van der Waals surface area contributed by atoms with Gasteiger partial charge in [0.1, 0.15) is 0 Å². The summed E-state index contributed by atoms with van der Waals surface area (Å²) < 4.78 is 12.6. The molecule has 4 aromatic rings. The van der Waals surface area contributed by atoms with Crippen LogP contribution in [0.25, 0.3) is 22.5 Å². The molecule has 0 unspecified atom stereocenters. The van der Waals surface area contributed by atoms with Crippen LogP contribution in [-0.2, 0) is 29.4 Å². The van der Waals surface area contributed by atoms with E-state index in [0.717, 1.165) is 39.9 Å². The Morgan fingerprint density at radius 2 is 1.83 bits per heavy atom. The molecule has 9 nitrogen and oxygen atoms in total. The van der Waals surface area contributed by atoms with Gasteiger partial charge in [-0.15, -0.1) is 10.2 Å². The Morgan fingerprint density at radius 1 is 1.09 bits per heavy atom. The fourth-order valence-electron chi connectivity index (χ4n) is 4.06. The van der Waals surface area contributed by atoms with Gasteiger partial charge in [0, 0.05) is 24.6 Å². The molecule has 0 bridgehead atoms. The maximum Gasteiger partial charge on any atom is 0.344 e. The standard InChI is InChI=1S/C26H30N6O3/c1-5-34-24(33)16-35-26-22(23(14-17(2)3)29-32(26)4)15-18-10-12-19(13-11-18)20-8-6-7-9-21(20)25-27-30-31-28-25/h6-13,17H,5,14-16H2,1-4H3,(H,27,28,30,31). The Bertz CT molecular complexity index is 1260. The number of aromatic amines is 1. The molecule has 0 saturated heterocycles. The van der Waals surface area contributed by atoms with Gasteiger partial charge < -0.3 is 9.47 Å². The van der Waals surface area contributed by atoms with Crippen LogP contribution in [0.1, 0.15) is 37.6 Å². The molecule has 182 valence electrons. The summed E-state index contributed by atoms with van der Waals surface area (Å²) >= 11 is 0. The molecule has 35 heavy (non-hydrogen) atoms. The molecule has 0 atom stereocenters. The van der Waals surface area contributed by atoms with E-state index in [1.165, 1.54) is 0 Å². The smallest absolute Gasteiger partial charge is 0.344 e. The number of H-pyrrole nitrogens is 1. The van der Waals surface area contributed by atoms with Crippen LogP contribution in [-0.4, -0.2) is 49.6 Å². The van der Waals surface area contributed by atoms with Crippen LogP contribution in [0.15, 0.2) is 48.5 Å². The first-order chi connectivity index (χ1) is 17.0. The second kappa shape index (κ2) is 10.9. The lowest BCUT2D eigenvalue weighted by Crippen LogP contribution is -2.16. The van der Waals surface area contributed by atoms with Crippen LogP contribution in [0.5, 0.6) is 5.88 Å². The Morgan fingerprint density at radius 3 is 2.49 bits per heavy atom. The molecule has 9 heteroatoms. The van der Waals surface area contributed by atoms with Gasteiger partial charge in [-0.2, -0.15) is 10.3 Å². The lowest BCUT2D eigenvalue weighted by Gasteiger charge is -2.11. The molecule has 2 heterocycles. The zero-order valence-electron chi connectivity index (χ0n) is 20.5. The van der Waals surface area contributed by atoms with Crippen LogP contribution < -0.4 is 4.74 Å². The summed E-state index contributed by atoms with van der Waals surface area (Å²) in [5.74, 6) is 1.20. The second-order valence-electron chi connectivity index (χ2n) is 8.70. The van der Waals surface area contributed by atoms with Crippen LogP contribution in [0.4, 0.5) is 0 Å². The van der Waals surface area contributed by atoms with Crippen LogP contribution in [0, 0.1) is 5.92 Å². The zero-order valence-corrected chi connectivity index (χ0v) is 20.5. The number of hydrogen-bond donors (Lipinski definition) is 1. The van der Waals surface area contributed by atoms with E-state index in [0.29, 0.717) is 30.7 Å². The van der Waals surface area contributed by atoms with E-state index in [2.05, 4.69) is 58.7 Å². The van der Waals surface area contributed by atoms with Crippen molar-refractivity contribution in [2.45, 2.75) is 33.6 Å². The first-order valence-corrected chi connectivity index (χ1v) is 11.7. The third-order valence-electron chi connectivity index (χ3n) is 5.56. The third kappa shape index (κ3) is 5.74. The second-order valence-corrected chi connectivity index (χ2v) is 8.70. The molecule has 2 aromatic carbocycles. The van der Waals surface area contributed by atoms with Crippen molar-refractivity contribution in [2.24, 2.45) is 13.0 Å². The Hall–Kier alpha value is -4.01. The lowest BCUT2D eigenvalue weighted by atomic mass is 9.96. The van der Waals surface area contributed by atoms with E-state index in [1.54, 1.807) is 11.6 Å².